The van der Waals surface area contributed by atoms with Gasteiger partial charge in [0.1, 0.15) is 0 Å². The van der Waals surface area contributed by atoms with E-state index in [1.54, 1.807) is 16.9 Å². The molecule has 0 bridgehead atoms. The monoisotopic (exact) mass is 430 g/mol. The van der Waals surface area contributed by atoms with Gasteiger partial charge in [0, 0.05) is 37.5 Å². The molecule has 3 rings (SSSR count). The number of carbonyl (C=O) groups excluding carboxylic acids is 1. The summed E-state index contributed by atoms with van der Waals surface area (Å²) in [5.74, 6) is 0.327. The minimum atomic E-state index is -3.94. The van der Waals surface area contributed by atoms with E-state index < -0.39 is 21.0 Å². The van der Waals surface area contributed by atoms with Gasteiger partial charge in [-0.3, -0.25) is 15.4 Å². The molecule has 0 saturated heterocycles. The van der Waals surface area contributed by atoms with Crippen LogP contribution < -0.4 is 15.4 Å². The van der Waals surface area contributed by atoms with Crippen molar-refractivity contribution in [1.82, 2.24) is 19.8 Å². The fraction of sp³-hybridized carbons (Fsp3) is 0.111. The second kappa shape index (κ2) is 9.15. The highest BCUT2D eigenvalue weighted by molar-refractivity contribution is 7.89. The predicted octanol–water partition coefficient (Wildman–Crippen LogP) is 1.88. The van der Waals surface area contributed by atoms with Gasteiger partial charge in [-0.15, -0.1) is 5.10 Å². The van der Waals surface area contributed by atoms with Crippen molar-refractivity contribution < 1.29 is 18.1 Å². The van der Waals surface area contributed by atoms with Gasteiger partial charge in [-0.25, -0.2) is 22.6 Å². The Bertz CT molecular complexity index is 1150. The lowest BCUT2D eigenvalue weighted by atomic mass is 10.3. The van der Waals surface area contributed by atoms with Crippen LogP contribution in [0.15, 0.2) is 71.8 Å². The van der Waals surface area contributed by atoms with Crippen LogP contribution in [0.3, 0.4) is 0 Å². The van der Waals surface area contributed by atoms with Gasteiger partial charge >= 0.3 is 6.03 Å². The fourth-order valence-corrected chi connectivity index (χ4v) is 3.56. The molecule has 3 N–H and O–H groups in total. The van der Waals surface area contributed by atoms with E-state index in [1.165, 1.54) is 18.2 Å². The van der Waals surface area contributed by atoms with Crippen molar-refractivity contribution in [3.63, 3.8) is 0 Å². The van der Waals surface area contributed by atoms with Crippen molar-refractivity contribution in [3.05, 3.63) is 77.0 Å². The summed E-state index contributed by atoms with van der Waals surface area (Å²) >= 11 is 0. The lowest BCUT2D eigenvalue weighted by Gasteiger charge is -2.08. The van der Waals surface area contributed by atoms with Crippen LogP contribution in [0.2, 0.25) is 0 Å². The van der Waals surface area contributed by atoms with Gasteiger partial charge in [0.25, 0.3) is 5.69 Å². The van der Waals surface area contributed by atoms with E-state index >= 15 is 0 Å². The molecule has 0 fully saturated rings. The standard InChI is InChI=1S/C18H18N6O5S/c25-18(21-17-9-12-23(22-17)14-5-2-1-3-6-14)19-10-11-20-30(28,29)16-8-4-7-15(13-16)24(26)27/h1-9,12-13,20H,10-11H2,(H2,19,21,22,25). The summed E-state index contributed by atoms with van der Waals surface area (Å²) in [5.41, 5.74) is 0.506. The maximum absolute atomic E-state index is 12.2. The molecule has 1 heterocycles. The Labute approximate surface area is 171 Å². The highest BCUT2D eigenvalue weighted by Gasteiger charge is 2.17. The molecule has 11 nitrogen and oxygen atoms in total. The van der Waals surface area contributed by atoms with Gasteiger partial charge in [-0.05, 0) is 18.2 Å². The first kappa shape index (κ1) is 21.0. The number of carbonyl (C=O) groups is 1. The number of nitrogens with one attached hydrogen (secondary N) is 3. The third-order valence-electron chi connectivity index (χ3n) is 3.89. The van der Waals surface area contributed by atoms with Crippen molar-refractivity contribution in [2.45, 2.75) is 4.90 Å². The number of hydrogen-bond donors (Lipinski definition) is 3. The molecule has 0 atom stereocenters. The number of nitrogens with zero attached hydrogens (tertiary/aromatic N) is 3. The number of anilines is 1. The molecular formula is C18H18N6O5S. The van der Waals surface area contributed by atoms with Crippen LogP contribution in [0.5, 0.6) is 0 Å². The Morgan fingerprint density at radius 2 is 1.83 bits per heavy atom. The van der Waals surface area contributed by atoms with Crippen LogP contribution in [-0.4, -0.2) is 42.2 Å². The number of urea groups is 1. The van der Waals surface area contributed by atoms with Crippen molar-refractivity contribution >= 4 is 27.6 Å². The molecule has 2 amide bonds. The smallest absolute Gasteiger partial charge is 0.320 e. The van der Waals surface area contributed by atoms with E-state index in [-0.39, 0.29) is 23.7 Å². The molecule has 0 aliphatic carbocycles. The lowest BCUT2D eigenvalue weighted by Crippen LogP contribution is -2.36. The summed E-state index contributed by atoms with van der Waals surface area (Å²) in [6.45, 7) is -0.101. The third kappa shape index (κ3) is 5.40. The van der Waals surface area contributed by atoms with Crippen LogP contribution in [0.25, 0.3) is 5.69 Å². The Hall–Kier alpha value is -3.77. The topological polar surface area (TPSA) is 148 Å². The number of para-hydroxylation sites is 1. The number of non-ortho nitro benzene ring substituents is 1. The second-order valence-corrected chi connectivity index (χ2v) is 7.78. The molecule has 0 saturated carbocycles. The largest absolute Gasteiger partial charge is 0.337 e. The normalized spacial score (nSPS) is 11.1. The van der Waals surface area contributed by atoms with E-state index in [1.807, 2.05) is 30.3 Å². The summed E-state index contributed by atoms with van der Waals surface area (Å²) < 4.78 is 28.3. The van der Waals surface area contributed by atoms with Crippen LogP contribution in [0.1, 0.15) is 0 Å². The van der Waals surface area contributed by atoms with E-state index in [9.17, 15) is 23.3 Å². The van der Waals surface area contributed by atoms with Crippen LogP contribution in [-0.2, 0) is 10.0 Å². The number of aromatic nitrogens is 2. The quantitative estimate of drug-likeness (QED) is 0.282. The first-order chi connectivity index (χ1) is 14.3. The summed E-state index contributed by atoms with van der Waals surface area (Å²) in [6, 6.07) is 15.1. The predicted molar refractivity (Wildman–Crippen MR) is 109 cm³/mol. The molecule has 12 heteroatoms. The summed E-state index contributed by atoms with van der Waals surface area (Å²) in [4.78, 5) is 21.8. The molecule has 0 radical (unpaired) electrons. The summed E-state index contributed by atoms with van der Waals surface area (Å²) in [7, 11) is -3.94. The Morgan fingerprint density at radius 1 is 1.07 bits per heavy atom. The first-order valence-corrected chi connectivity index (χ1v) is 10.2. The van der Waals surface area contributed by atoms with E-state index in [0.29, 0.717) is 5.82 Å². The van der Waals surface area contributed by atoms with E-state index in [2.05, 4.69) is 20.5 Å². The highest BCUT2D eigenvalue weighted by atomic mass is 32.2. The number of sulfonamides is 1. The molecule has 30 heavy (non-hydrogen) atoms. The average molecular weight is 430 g/mol. The van der Waals surface area contributed by atoms with Crippen molar-refractivity contribution in [1.29, 1.82) is 0 Å². The number of rotatable bonds is 8. The second-order valence-electron chi connectivity index (χ2n) is 6.01. The number of hydrogen-bond acceptors (Lipinski definition) is 6. The summed E-state index contributed by atoms with van der Waals surface area (Å²) in [6.07, 6.45) is 1.69. The van der Waals surface area contributed by atoms with Crippen molar-refractivity contribution in [3.8, 4) is 5.69 Å². The van der Waals surface area contributed by atoms with Crippen molar-refractivity contribution in [2.75, 3.05) is 18.4 Å². The molecule has 156 valence electrons. The minimum Gasteiger partial charge on any atom is -0.337 e. The molecule has 3 aromatic rings. The molecule has 0 aliphatic heterocycles. The zero-order chi connectivity index (χ0) is 21.6. The van der Waals surface area contributed by atoms with Gasteiger partial charge in [0.05, 0.1) is 15.5 Å². The minimum absolute atomic E-state index is 0.000611. The SMILES string of the molecule is O=C(NCCNS(=O)(=O)c1cccc([N+](=O)[O-])c1)Nc1ccn(-c2ccccc2)n1. The lowest BCUT2D eigenvalue weighted by molar-refractivity contribution is -0.385. The highest BCUT2D eigenvalue weighted by Crippen LogP contribution is 2.16. The molecule has 0 spiro atoms. The zero-order valence-corrected chi connectivity index (χ0v) is 16.4. The van der Waals surface area contributed by atoms with Crippen molar-refractivity contribution in [2.24, 2.45) is 0 Å². The van der Waals surface area contributed by atoms with Crippen LogP contribution >= 0.6 is 0 Å². The van der Waals surface area contributed by atoms with Gasteiger partial charge in [-0.2, -0.15) is 0 Å². The van der Waals surface area contributed by atoms with Gasteiger partial charge in [-0.1, -0.05) is 24.3 Å². The molecule has 0 unspecified atom stereocenters. The Balaban J connectivity index is 1.47. The zero-order valence-electron chi connectivity index (χ0n) is 15.6. The van der Waals surface area contributed by atoms with E-state index in [0.717, 1.165) is 11.8 Å². The number of benzene rings is 2. The molecule has 1 aromatic heterocycles. The summed E-state index contributed by atoms with van der Waals surface area (Å²) in [5, 5.41) is 20.1. The van der Waals surface area contributed by atoms with Gasteiger partial charge in [0.15, 0.2) is 5.82 Å². The molecule has 0 aliphatic rings. The number of amides is 2. The number of nitro benzene ring substituents is 1. The fourth-order valence-electron chi connectivity index (χ4n) is 2.48. The molecular weight excluding hydrogens is 412 g/mol. The Kier molecular flexibility index (Phi) is 6.39. The van der Waals surface area contributed by atoms with E-state index in [4.69, 9.17) is 0 Å². The maximum Gasteiger partial charge on any atom is 0.320 e. The average Bonchev–Trinajstić information content (AvgIpc) is 3.20. The van der Waals surface area contributed by atoms with Gasteiger partial charge in [0.2, 0.25) is 10.0 Å². The van der Waals surface area contributed by atoms with Gasteiger partial charge < -0.3 is 5.32 Å². The van der Waals surface area contributed by atoms with Crippen LogP contribution in [0.4, 0.5) is 16.3 Å². The molecule has 2 aromatic carbocycles. The number of nitro groups is 1. The first-order valence-electron chi connectivity index (χ1n) is 8.75. The Morgan fingerprint density at radius 3 is 2.57 bits per heavy atom. The maximum atomic E-state index is 12.2. The third-order valence-corrected chi connectivity index (χ3v) is 5.35. The van der Waals surface area contributed by atoms with Crippen LogP contribution in [0, 0.1) is 10.1 Å².